The van der Waals surface area contributed by atoms with Gasteiger partial charge >= 0.3 is 11.8 Å². The Kier molecular flexibility index (Phi) is 5.11. The van der Waals surface area contributed by atoms with E-state index in [9.17, 15) is 14.7 Å². The minimum Gasteiger partial charge on any atom is -0.394 e. The highest BCUT2D eigenvalue weighted by molar-refractivity contribution is 6.39. The standard InChI is InChI=1S/C19H19N3O3/c23-12-16(10-13-4-2-1-3-5-13)22-19(25)18(24)21-15-7-6-14-8-9-20-17(14)11-15/h1-9,11,16,20,23H,10,12H2,(H,21,24)(H,22,25)/t16-/m0/s1. The quantitative estimate of drug-likeness (QED) is 0.535. The van der Waals surface area contributed by atoms with Gasteiger partial charge in [-0.1, -0.05) is 36.4 Å². The predicted molar refractivity (Wildman–Crippen MR) is 96.1 cm³/mol. The number of aliphatic hydroxyl groups is 1. The minimum absolute atomic E-state index is 0.248. The SMILES string of the molecule is O=C(Nc1ccc2cc[nH]c2c1)C(=O)N[C@H](CO)Cc1ccccc1. The molecule has 0 fully saturated rings. The minimum atomic E-state index is -0.776. The van der Waals surface area contributed by atoms with Crippen molar-refractivity contribution < 1.29 is 14.7 Å². The number of aromatic amines is 1. The summed E-state index contributed by atoms with van der Waals surface area (Å²) in [7, 11) is 0. The highest BCUT2D eigenvalue weighted by Gasteiger charge is 2.18. The van der Waals surface area contributed by atoms with E-state index in [1.165, 1.54) is 0 Å². The number of carbonyl (C=O) groups is 2. The van der Waals surface area contributed by atoms with E-state index in [1.54, 1.807) is 18.3 Å². The molecule has 0 bridgehead atoms. The molecular weight excluding hydrogens is 318 g/mol. The molecule has 3 rings (SSSR count). The molecule has 6 nitrogen and oxygen atoms in total. The van der Waals surface area contributed by atoms with Gasteiger partial charge in [0.1, 0.15) is 0 Å². The molecule has 0 unspecified atom stereocenters. The fourth-order valence-corrected chi connectivity index (χ4v) is 2.62. The molecule has 0 saturated carbocycles. The second-order valence-electron chi connectivity index (χ2n) is 5.78. The number of carbonyl (C=O) groups excluding carboxylic acids is 2. The summed E-state index contributed by atoms with van der Waals surface area (Å²) in [6.45, 7) is -0.248. The zero-order valence-corrected chi connectivity index (χ0v) is 13.5. The summed E-state index contributed by atoms with van der Waals surface area (Å²) in [5.41, 5.74) is 2.37. The third-order valence-electron chi connectivity index (χ3n) is 3.90. The van der Waals surface area contributed by atoms with Crippen molar-refractivity contribution in [3.8, 4) is 0 Å². The van der Waals surface area contributed by atoms with Gasteiger partial charge in [0, 0.05) is 17.4 Å². The molecule has 2 amide bonds. The van der Waals surface area contributed by atoms with E-state index < -0.39 is 17.9 Å². The van der Waals surface area contributed by atoms with Crippen LogP contribution >= 0.6 is 0 Å². The van der Waals surface area contributed by atoms with Crippen molar-refractivity contribution in [2.45, 2.75) is 12.5 Å². The third kappa shape index (κ3) is 4.24. The summed E-state index contributed by atoms with van der Waals surface area (Å²) in [6, 6.07) is 16.2. The lowest BCUT2D eigenvalue weighted by Crippen LogP contribution is -2.44. The van der Waals surface area contributed by atoms with Gasteiger partial charge in [-0.2, -0.15) is 0 Å². The molecule has 4 N–H and O–H groups in total. The van der Waals surface area contributed by atoms with Crippen molar-refractivity contribution in [3.05, 3.63) is 66.4 Å². The highest BCUT2D eigenvalue weighted by atomic mass is 16.3. The first-order valence-corrected chi connectivity index (χ1v) is 7.99. The number of anilines is 1. The number of hydrogen-bond donors (Lipinski definition) is 4. The Bertz CT molecular complexity index is 874. The van der Waals surface area contributed by atoms with Crippen LogP contribution in [0.3, 0.4) is 0 Å². The largest absolute Gasteiger partial charge is 0.394 e. The second kappa shape index (κ2) is 7.63. The summed E-state index contributed by atoms with van der Waals surface area (Å²) >= 11 is 0. The van der Waals surface area contributed by atoms with E-state index in [2.05, 4.69) is 15.6 Å². The van der Waals surface area contributed by atoms with Crippen LogP contribution in [0.4, 0.5) is 5.69 Å². The molecule has 1 atom stereocenters. The number of aromatic nitrogens is 1. The van der Waals surface area contributed by atoms with Gasteiger partial charge in [0.15, 0.2) is 0 Å². The maximum Gasteiger partial charge on any atom is 0.313 e. The van der Waals surface area contributed by atoms with Crippen LogP contribution in [0.5, 0.6) is 0 Å². The second-order valence-corrected chi connectivity index (χ2v) is 5.78. The average molecular weight is 337 g/mol. The molecule has 6 heteroatoms. The number of amides is 2. The molecule has 0 spiro atoms. The number of aliphatic hydroxyl groups excluding tert-OH is 1. The van der Waals surface area contributed by atoms with Gasteiger partial charge in [0.05, 0.1) is 12.6 Å². The van der Waals surface area contributed by atoms with Crippen LogP contribution in [-0.4, -0.2) is 34.6 Å². The summed E-state index contributed by atoms with van der Waals surface area (Å²) < 4.78 is 0. The van der Waals surface area contributed by atoms with Gasteiger partial charge in [0.25, 0.3) is 0 Å². The summed E-state index contributed by atoms with van der Waals surface area (Å²) in [4.78, 5) is 27.2. The molecule has 1 heterocycles. The van der Waals surface area contributed by atoms with Crippen molar-refractivity contribution in [2.75, 3.05) is 11.9 Å². The van der Waals surface area contributed by atoms with Crippen LogP contribution in [0.25, 0.3) is 10.9 Å². The van der Waals surface area contributed by atoms with Crippen LogP contribution in [0.15, 0.2) is 60.8 Å². The summed E-state index contributed by atoms with van der Waals surface area (Å²) in [5.74, 6) is -1.54. The summed E-state index contributed by atoms with van der Waals surface area (Å²) in [6.07, 6.45) is 2.25. The van der Waals surface area contributed by atoms with E-state index in [0.717, 1.165) is 16.5 Å². The van der Waals surface area contributed by atoms with Gasteiger partial charge in [-0.25, -0.2) is 0 Å². The van der Waals surface area contributed by atoms with Crippen LogP contribution in [-0.2, 0) is 16.0 Å². The fourth-order valence-electron chi connectivity index (χ4n) is 2.62. The number of hydrogen-bond acceptors (Lipinski definition) is 3. The van der Waals surface area contributed by atoms with Gasteiger partial charge in [0.2, 0.25) is 0 Å². The maximum absolute atomic E-state index is 12.1. The maximum atomic E-state index is 12.1. The topological polar surface area (TPSA) is 94.2 Å². The number of rotatable bonds is 5. The highest BCUT2D eigenvalue weighted by Crippen LogP contribution is 2.17. The predicted octanol–water partition coefficient (Wildman–Crippen LogP) is 1.83. The van der Waals surface area contributed by atoms with E-state index in [0.29, 0.717) is 12.1 Å². The van der Waals surface area contributed by atoms with E-state index >= 15 is 0 Å². The lowest BCUT2D eigenvalue weighted by Gasteiger charge is -2.16. The monoisotopic (exact) mass is 337 g/mol. The van der Waals surface area contributed by atoms with Crippen LogP contribution in [0.1, 0.15) is 5.56 Å². The molecule has 128 valence electrons. The molecule has 0 aliphatic rings. The fraction of sp³-hybridized carbons (Fsp3) is 0.158. The molecular formula is C19H19N3O3. The molecule has 0 saturated heterocycles. The molecule has 3 aromatic rings. The van der Waals surface area contributed by atoms with Crippen LogP contribution in [0.2, 0.25) is 0 Å². The Morgan fingerprint density at radius 3 is 2.60 bits per heavy atom. The Morgan fingerprint density at radius 1 is 1.04 bits per heavy atom. The van der Waals surface area contributed by atoms with Crippen molar-refractivity contribution >= 4 is 28.4 Å². The summed E-state index contributed by atoms with van der Waals surface area (Å²) in [5, 5.41) is 15.6. The lowest BCUT2D eigenvalue weighted by molar-refractivity contribution is -0.136. The average Bonchev–Trinajstić information content (AvgIpc) is 3.09. The molecule has 0 aliphatic heterocycles. The number of benzene rings is 2. The first-order valence-electron chi connectivity index (χ1n) is 7.99. The zero-order chi connectivity index (χ0) is 17.6. The Labute approximate surface area is 144 Å². The van der Waals surface area contributed by atoms with Gasteiger partial charge in [-0.3, -0.25) is 9.59 Å². The molecule has 25 heavy (non-hydrogen) atoms. The number of nitrogens with one attached hydrogen (secondary N) is 3. The van der Waals surface area contributed by atoms with E-state index in [1.807, 2.05) is 42.5 Å². The van der Waals surface area contributed by atoms with Gasteiger partial charge in [-0.05, 0) is 35.6 Å². The first kappa shape index (κ1) is 16.7. The zero-order valence-electron chi connectivity index (χ0n) is 13.5. The molecule has 0 radical (unpaired) electrons. The van der Waals surface area contributed by atoms with Gasteiger partial charge < -0.3 is 20.7 Å². The number of H-pyrrole nitrogens is 1. The first-order chi connectivity index (χ1) is 12.2. The Hall–Kier alpha value is -3.12. The van der Waals surface area contributed by atoms with Crippen molar-refractivity contribution in [1.82, 2.24) is 10.3 Å². The van der Waals surface area contributed by atoms with Crippen LogP contribution in [0, 0.1) is 0 Å². The van der Waals surface area contributed by atoms with Crippen molar-refractivity contribution in [3.63, 3.8) is 0 Å². The molecule has 0 aliphatic carbocycles. The van der Waals surface area contributed by atoms with Crippen molar-refractivity contribution in [2.24, 2.45) is 0 Å². The number of fused-ring (bicyclic) bond motifs is 1. The Morgan fingerprint density at radius 2 is 1.84 bits per heavy atom. The van der Waals surface area contributed by atoms with Crippen molar-refractivity contribution in [1.29, 1.82) is 0 Å². The van der Waals surface area contributed by atoms with Crippen LogP contribution < -0.4 is 10.6 Å². The normalized spacial score (nSPS) is 11.9. The Balaban J connectivity index is 1.60. The van der Waals surface area contributed by atoms with E-state index in [4.69, 9.17) is 0 Å². The lowest BCUT2D eigenvalue weighted by atomic mass is 10.1. The third-order valence-corrected chi connectivity index (χ3v) is 3.90. The smallest absolute Gasteiger partial charge is 0.313 e. The van der Waals surface area contributed by atoms with E-state index in [-0.39, 0.29) is 6.61 Å². The molecule has 1 aromatic heterocycles. The van der Waals surface area contributed by atoms with Gasteiger partial charge in [-0.15, -0.1) is 0 Å². The molecule has 2 aromatic carbocycles.